The molecule has 0 spiro atoms. The van der Waals surface area contributed by atoms with Crippen LogP contribution in [0.4, 0.5) is 5.69 Å². The average molecular weight is 465 g/mol. The molecular weight excluding hydrogens is 436 g/mol. The lowest BCUT2D eigenvalue weighted by Crippen LogP contribution is -2.45. The summed E-state index contributed by atoms with van der Waals surface area (Å²) in [4.78, 5) is 7.09. The Kier molecular flexibility index (Phi) is 7.09. The lowest BCUT2D eigenvalue weighted by atomic mass is 9.90. The highest BCUT2D eigenvalue weighted by molar-refractivity contribution is 5.85. The number of hydrogen-bond acceptors (Lipinski definition) is 4. The van der Waals surface area contributed by atoms with Crippen LogP contribution in [0, 0.1) is 6.92 Å². The molecule has 1 atom stereocenters. The number of rotatable bonds is 5. The lowest BCUT2D eigenvalue weighted by Gasteiger charge is -2.42. The molecule has 0 saturated carbocycles. The summed E-state index contributed by atoms with van der Waals surface area (Å²) in [5.41, 5.74) is 5.87. The normalized spacial score (nSPS) is 17.9. The Balaban J connectivity index is 0.00000259. The Morgan fingerprint density at radius 3 is 2.58 bits per heavy atom. The Morgan fingerprint density at radius 1 is 1.03 bits per heavy atom. The maximum absolute atomic E-state index is 6.14. The Hall–Kier alpha value is -3.18. The van der Waals surface area contributed by atoms with Crippen molar-refractivity contribution in [1.29, 1.82) is 0 Å². The summed E-state index contributed by atoms with van der Waals surface area (Å²) in [5, 5.41) is 0. The van der Waals surface area contributed by atoms with Crippen molar-refractivity contribution < 1.29 is 14.2 Å². The largest absolute Gasteiger partial charge is 0.493 e. The summed E-state index contributed by atoms with van der Waals surface area (Å²) >= 11 is 0. The lowest BCUT2D eigenvalue weighted by molar-refractivity contribution is 0.118. The van der Waals surface area contributed by atoms with Gasteiger partial charge in [-0.1, -0.05) is 48.0 Å². The summed E-state index contributed by atoms with van der Waals surface area (Å²) < 4.78 is 17.8. The molecule has 2 heterocycles. The maximum atomic E-state index is 6.14. The van der Waals surface area contributed by atoms with E-state index in [1.165, 1.54) is 16.7 Å². The van der Waals surface area contributed by atoms with Crippen LogP contribution in [0.2, 0.25) is 0 Å². The third-order valence-corrected chi connectivity index (χ3v) is 6.15. The predicted octanol–water partition coefficient (Wildman–Crippen LogP) is 6.01. The molecule has 0 N–H and O–H groups in total. The Morgan fingerprint density at radius 2 is 1.82 bits per heavy atom. The summed E-state index contributed by atoms with van der Waals surface area (Å²) in [6.07, 6.45) is 1.83. The minimum Gasteiger partial charge on any atom is -0.493 e. The minimum atomic E-state index is 0. The van der Waals surface area contributed by atoms with Crippen molar-refractivity contribution in [1.82, 2.24) is 4.90 Å². The number of aryl methyl sites for hydroxylation is 1. The first-order valence-electron chi connectivity index (χ1n) is 11.1. The van der Waals surface area contributed by atoms with Crippen LogP contribution in [0.1, 0.15) is 34.7 Å². The highest BCUT2D eigenvalue weighted by Crippen LogP contribution is 2.41. The van der Waals surface area contributed by atoms with E-state index in [4.69, 9.17) is 19.2 Å². The van der Waals surface area contributed by atoms with E-state index < -0.39 is 0 Å². The number of benzene rings is 3. The van der Waals surface area contributed by atoms with Crippen molar-refractivity contribution in [2.45, 2.75) is 32.4 Å². The van der Waals surface area contributed by atoms with Crippen LogP contribution >= 0.6 is 12.4 Å². The van der Waals surface area contributed by atoms with Gasteiger partial charge in [0.15, 0.2) is 11.5 Å². The summed E-state index contributed by atoms with van der Waals surface area (Å²) in [5.74, 6) is 1.56. The second-order valence-corrected chi connectivity index (χ2v) is 8.30. The van der Waals surface area contributed by atoms with Crippen molar-refractivity contribution in [2.24, 2.45) is 4.99 Å². The number of amidine groups is 1. The van der Waals surface area contributed by atoms with Crippen molar-refractivity contribution in [2.75, 3.05) is 20.3 Å². The number of ether oxygens (including phenoxy) is 3. The van der Waals surface area contributed by atoms with Gasteiger partial charge in [0.25, 0.3) is 6.02 Å². The van der Waals surface area contributed by atoms with Crippen LogP contribution in [-0.2, 0) is 17.8 Å². The van der Waals surface area contributed by atoms with Gasteiger partial charge in [0.05, 0.1) is 25.4 Å². The molecule has 5 rings (SSSR count). The fourth-order valence-electron chi connectivity index (χ4n) is 4.43. The van der Waals surface area contributed by atoms with Crippen LogP contribution in [0.3, 0.4) is 0 Å². The van der Waals surface area contributed by atoms with E-state index in [0.717, 1.165) is 42.1 Å². The zero-order valence-electron chi connectivity index (χ0n) is 19.0. The molecule has 5 nitrogen and oxygen atoms in total. The summed E-state index contributed by atoms with van der Waals surface area (Å²) in [7, 11) is 1.70. The molecule has 6 heteroatoms. The highest BCUT2D eigenvalue weighted by atomic mass is 35.5. The van der Waals surface area contributed by atoms with E-state index in [2.05, 4.69) is 48.2 Å². The first-order valence-corrected chi connectivity index (χ1v) is 11.1. The van der Waals surface area contributed by atoms with E-state index in [1.807, 2.05) is 30.3 Å². The average Bonchev–Trinajstić information content (AvgIpc) is 2.84. The summed E-state index contributed by atoms with van der Waals surface area (Å²) in [6.45, 7) is 4.12. The number of aliphatic imine (C=N–C) groups is 1. The maximum Gasteiger partial charge on any atom is 0.293 e. The summed E-state index contributed by atoms with van der Waals surface area (Å²) in [6, 6.07) is 23.7. The van der Waals surface area contributed by atoms with Gasteiger partial charge in [-0.15, -0.1) is 12.4 Å². The van der Waals surface area contributed by atoms with Crippen molar-refractivity contribution >= 4 is 24.1 Å². The van der Waals surface area contributed by atoms with Gasteiger partial charge in [0.1, 0.15) is 6.61 Å². The number of hydrogen-bond donors (Lipinski definition) is 0. The van der Waals surface area contributed by atoms with Gasteiger partial charge in [-0.05, 0) is 54.3 Å². The zero-order chi connectivity index (χ0) is 21.9. The smallest absolute Gasteiger partial charge is 0.293 e. The number of nitrogens with zero attached hydrogens (tertiary/aromatic N) is 2. The Bertz CT molecular complexity index is 1120. The molecule has 1 unspecified atom stereocenters. The predicted molar refractivity (Wildman–Crippen MR) is 133 cm³/mol. The van der Waals surface area contributed by atoms with Gasteiger partial charge in [-0.2, -0.15) is 4.99 Å². The van der Waals surface area contributed by atoms with Crippen LogP contribution in [-0.4, -0.2) is 31.2 Å². The molecule has 3 aromatic carbocycles. The molecule has 3 aromatic rings. The molecule has 0 bridgehead atoms. The SMILES string of the molecule is COc1cc2c(cc1OCc1ccccc1)CCN1/C(=N/c3ccc(C)cc3)OCCC21.Cl. The van der Waals surface area contributed by atoms with Crippen molar-refractivity contribution in [3.63, 3.8) is 0 Å². The fraction of sp³-hybridized carbons (Fsp3) is 0.296. The molecule has 172 valence electrons. The van der Waals surface area contributed by atoms with E-state index in [-0.39, 0.29) is 18.4 Å². The molecule has 0 radical (unpaired) electrons. The van der Waals surface area contributed by atoms with E-state index in [0.29, 0.717) is 19.2 Å². The molecule has 1 saturated heterocycles. The highest BCUT2D eigenvalue weighted by Gasteiger charge is 2.35. The second kappa shape index (κ2) is 10.2. The molecule has 2 aliphatic rings. The van der Waals surface area contributed by atoms with Gasteiger partial charge in [-0.25, -0.2) is 0 Å². The molecule has 0 aromatic heterocycles. The quantitative estimate of drug-likeness (QED) is 0.463. The van der Waals surface area contributed by atoms with Gasteiger partial charge in [0, 0.05) is 13.0 Å². The Labute approximate surface area is 201 Å². The van der Waals surface area contributed by atoms with Crippen LogP contribution in [0.15, 0.2) is 71.7 Å². The van der Waals surface area contributed by atoms with Gasteiger partial charge >= 0.3 is 0 Å². The van der Waals surface area contributed by atoms with Gasteiger partial charge in [0.2, 0.25) is 0 Å². The molecule has 0 aliphatic carbocycles. The van der Waals surface area contributed by atoms with E-state index in [9.17, 15) is 0 Å². The van der Waals surface area contributed by atoms with Crippen molar-refractivity contribution in [3.8, 4) is 11.5 Å². The molecule has 33 heavy (non-hydrogen) atoms. The van der Waals surface area contributed by atoms with Crippen molar-refractivity contribution in [3.05, 3.63) is 89.0 Å². The monoisotopic (exact) mass is 464 g/mol. The third-order valence-electron chi connectivity index (χ3n) is 6.15. The third kappa shape index (κ3) is 4.93. The standard InChI is InChI=1S/C27H28N2O3.ClH/c1-19-8-10-22(11-9-19)28-27-29-14-12-21-16-26(32-18-20-6-4-3-5-7-20)25(30-2)17-23(21)24(29)13-15-31-27;/h3-11,16-17,24H,12-15,18H2,1-2H3;1H/b28-27-;. The van der Waals surface area contributed by atoms with Crippen LogP contribution in [0.5, 0.6) is 11.5 Å². The topological polar surface area (TPSA) is 43.3 Å². The zero-order valence-corrected chi connectivity index (χ0v) is 19.8. The van der Waals surface area contributed by atoms with Crippen LogP contribution < -0.4 is 9.47 Å². The number of halogens is 1. The molecule has 1 fully saturated rings. The first-order chi connectivity index (χ1) is 15.7. The second-order valence-electron chi connectivity index (χ2n) is 8.30. The molecular formula is C27H29ClN2O3. The number of methoxy groups -OCH3 is 1. The van der Waals surface area contributed by atoms with Gasteiger partial charge in [-0.3, -0.25) is 0 Å². The van der Waals surface area contributed by atoms with E-state index in [1.54, 1.807) is 7.11 Å². The first kappa shape index (κ1) is 23.0. The molecule has 2 aliphatic heterocycles. The minimum absolute atomic E-state index is 0. The van der Waals surface area contributed by atoms with E-state index >= 15 is 0 Å². The fourth-order valence-corrected chi connectivity index (χ4v) is 4.43. The number of fused-ring (bicyclic) bond motifs is 3. The molecule has 0 amide bonds. The van der Waals surface area contributed by atoms with Gasteiger partial charge < -0.3 is 19.1 Å². The van der Waals surface area contributed by atoms with Crippen LogP contribution in [0.25, 0.3) is 0 Å².